The van der Waals surface area contributed by atoms with Crippen molar-refractivity contribution in [3.63, 3.8) is 0 Å². The van der Waals surface area contributed by atoms with Crippen molar-refractivity contribution in [3.8, 4) is 0 Å². The molecule has 0 saturated heterocycles. The number of aromatic nitrogens is 1. The van der Waals surface area contributed by atoms with Gasteiger partial charge >= 0.3 is 5.97 Å². The van der Waals surface area contributed by atoms with E-state index in [-0.39, 0.29) is 18.5 Å². The predicted molar refractivity (Wildman–Crippen MR) is 113 cm³/mol. The molecule has 0 aliphatic rings. The topological polar surface area (TPSA) is 103 Å². The highest BCUT2D eigenvalue weighted by Gasteiger charge is 2.17. The van der Waals surface area contributed by atoms with E-state index in [9.17, 15) is 4.79 Å². The fourth-order valence-electron chi connectivity index (χ4n) is 2.80. The van der Waals surface area contributed by atoms with Gasteiger partial charge in [-0.2, -0.15) is 0 Å². The molecule has 0 radical (unpaired) electrons. The van der Waals surface area contributed by atoms with Crippen LogP contribution in [0.4, 0.5) is 10.8 Å². The highest BCUT2D eigenvalue weighted by Crippen LogP contribution is 2.18. The van der Waals surface area contributed by atoms with Crippen LogP contribution in [0.3, 0.4) is 0 Å². The number of thiazole rings is 1. The fourth-order valence-corrected chi connectivity index (χ4v) is 3.36. The van der Waals surface area contributed by atoms with Crippen LogP contribution in [0.1, 0.15) is 22.9 Å². The predicted octanol–water partition coefficient (Wildman–Crippen LogP) is 2.97. The average molecular weight is 397 g/mol. The van der Waals surface area contributed by atoms with Crippen molar-refractivity contribution in [1.29, 1.82) is 0 Å². The molecule has 0 amide bonds. The van der Waals surface area contributed by atoms with E-state index in [4.69, 9.17) is 16.2 Å². The van der Waals surface area contributed by atoms with Gasteiger partial charge in [0.2, 0.25) is 0 Å². The Morgan fingerprint density at radius 2 is 1.86 bits per heavy atom. The number of rotatable bonds is 9. The number of carbonyl (C=O) groups excluding carboxylic acids is 1. The monoisotopic (exact) mass is 396 g/mol. The second-order valence-electron chi connectivity index (χ2n) is 6.44. The molecule has 6 nitrogen and oxygen atoms in total. The van der Waals surface area contributed by atoms with Crippen molar-refractivity contribution in [2.75, 3.05) is 24.6 Å². The van der Waals surface area contributed by atoms with Crippen LogP contribution in [0.15, 0.2) is 60.0 Å². The van der Waals surface area contributed by atoms with E-state index in [1.165, 1.54) is 16.9 Å². The molecule has 28 heavy (non-hydrogen) atoms. The summed E-state index contributed by atoms with van der Waals surface area (Å²) in [5, 5.41) is 5.61. The number of nitrogens with two attached hydrogens (primary N) is 2. The molecule has 1 atom stereocenters. The van der Waals surface area contributed by atoms with Crippen LogP contribution in [-0.4, -0.2) is 24.0 Å². The second kappa shape index (κ2) is 9.87. The van der Waals surface area contributed by atoms with E-state index in [0.29, 0.717) is 17.4 Å². The zero-order valence-corrected chi connectivity index (χ0v) is 16.3. The first-order valence-corrected chi connectivity index (χ1v) is 9.97. The Bertz CT molecular complexity index is 881. The molecule has 0 spiro atoms. The lowest BCUT2D eigenvalue weighted by molar-refractivity contribution is -0.148. The number of benzene rings is 2. The summed E-state index contributed by atoms with van der Waals surface area (Å²) in [6, 6.07) is 17.6. The van der Waals surface area contributed by atoms with Gasteiger partial charge in [-0.3, -0.25) is 4.79 Å². The minimum Gasteiger partial charge on any atom is -0.456 e. The number of ether oxygens (including phenoxy) is 1. The van der Waals surface area contributed by atoms with Crippen LogP contribution >= 0.6 is 11.3 Å². The molecule has 146 valence electrons. The smallest absolute Gasteiger partial charge is 0.312 e. The first-order valence-electron chi connectivity index (χ1n) is 9.09. The molecule has 0 bridgehead atoms. The molecular formula is C21H24N4O2S. The van der Waals surface area contributed by atoms with Gasteiger partial charge < -0.3 is 21.5 Å². The number of nitrogens with one attached hydrogen (secondary N) is 1. The van der Waals surface area contributed by atoms with Gasteiger partial charge in [-0.15, -0.1) is 11.3 Å². The van der Waals surface area contributed by atoms with Crippen LogP contribution in [-0.2, 0) is 22.4 Å². The summed E-state index contributed by atoms with van der Waals surface area (Å²) in [7, 11) is 0. The lowest BCUT2D eigenvalue weighted by Crippen LogP contribution is -2.27. The molecule has 1 unspecified atom stereocenters. The van der Waals surface area contributed by atoms with E-state index in [0.717, 1.165) is 24.2 Å². The van der Waals surface area contributed by atoms with Crippen molar-refractivity contribution in [3.05, 3.63) is 76.8 Å². The van der Waals surface area contributed by atoms with E-state index in [2.05, 4.69) is 10.3 Å². The summed E-state index contributed by atoms with van der Waals surface area (Å²) < 4.78 is 5.72. The van der Waals surface area contributed by atoms with Crippen molar-refractivity contribution >= 4 is 28.1 Å². The number of anilines is 2. The highest BCUT2D eigenvalue weighted by atomic mass is 32.1. The maximum absolute atomic E-state index is 12.4. The quantitative estimate of drug-likeness (QED) is 0.292. The van der Waals surface area contributed by atoms with Gasteiger partial charge in [0.25, 0.3) is 0 Å². The Morgan fingerprint density at radius 1 is 1.11 bits per heavy atom. The normalized spacial score (nSPS) is 11.9. The molecule has 3 rings (SSSR count). The summed E-state index contributed by atoms with van der Waals surface area (Å²) in [4.78, 5) is 16.5. The Labute approximate surface area is 168 Å². The van der Waals surface area contributed by atoms with Crippen LogP contribution in [0.2, 0.25) is 0 Å². The van der Waals surface area contributed by atoms with E-state index in [1.807, 2.05) is 54.6 Å². The average Bonchev–Trinajstić information content (AvgIpc) is 3.11. The van der Waals surface area contributed by atoms with E-state index < -0.39 is 0 Å². The van der Waals surface area contributed by atoms with Gasteiger partial charge in [0, 0.05) is 17.6 Å². The molecule has 1 heterocycles. The van der Waals surface area contributed by atoms with Crippen LogP contribution in [0.5, 0.6) is 0 Å². The van der Waals surface area contributed by atoms with Gasteiger partial charge in [-0.05, 0) is 36.2 Å². The van der Waals surface area contributed by atoms with Gasteiger partial charge in [0.1, 0.15) is 6.10 Å². The third kappa shape index (κ3) is 6.07. The van der Waals surface area contributed by atoms with Crippen molar-refractivity contribution < 1.29 is 9.53 Å². The number of carbonyl (C=O) groups is 1. The third-order valence-corrected chi connectivity index (χ3v) is 4.96. The molecule has 0 fully saturated rings. The van der Waals surface area contributed by atoms with E-state index >= 15 is 0 Å². The van der Waals surface area contributed by atoms with Crippen LogP contribution < -0.4 is 16.8 Å². The zero-order chi connectivity index (χ0) is 19.8. The van der Waals surface area contributed by atoms with Gasteiger partial charge in [-0.25, -0.2) is 4.98 Å². The molecule has 1 aromatic heterocycles. The first-order chi connectivity index (χ1) is 13.6. The van der Waals surface area contributed by atoms with E-state index in [1.54, 1.807) is 5.38 Å². The molecule has 7 heteroatoms. The molecule has 0 aliphatic carbocycles. The lowest BCUT2D eigenvalue weighted by Gasteiger charge is -2.19. The molecule has 3 aromatic rings. The maximum atomic E-state index is 12.4. The number of nitrogens with zero attached hydrogens (tertiary/aromatic N) is 1. The molecule has 5 N–H and O–H groups in total. The number of nitrogen functional groups attached to an aromatic ring is 2. The standard InChI is InChI=1S/C21H24N4O2S/c22-17-8-6-15(7-9-17)10-11-24-13-19(16-4-2-1-3-5-16)27-20(26)12-18-14-28-21(23)25-18/h1-9,14,19,24H,10-13,22H2,(H2,23,25). The van der Waals surface area contributed by atoms with Gasteiger partial charge in [0.15, 0.2) is 5.13 Å². The number of hydrogen-bond donors (Lipinski definition) is 3. The fraction of sp³-hybridized carbons (Fsp3) is 0.238. The Balaban J connectivity index is 1.54. The maximum Gasteiger partial charge on any atom is 0.312 e. The lowest BCUT2D eigenvalue weighted by atomic mass is 10.1. The summed E-state index contributed by atoms with van der Waals surface area (Å²) >= 11 is 1.32. The molecule has 0 aliphatic heterocycles. The number of hydrogen-bond acceptors (Lipinski definition) is 7. The summed E-state index contributed by atoms with van der Waals surface area (Å²) in [6.07, 6.45) is 0.618. The molecular weight excluding hydrogens is 372 g/mol. The minimum absolute atomic E-state index is 0.114. The van der Waals surface area contributed by atoms with Crippen molar-refractivity contribution in [2.24, 2.45) is 0 Å². The van der Waals surface area contributed by atoms with Gasteiger partial charge in [-0.1, -0.05) is 42.5 Å². The first kappa shape index (κ1) is 19.9. The SMILES string of the molecule is Nc1ccc(CCNCC(OC(=O)Cc2csc(N)n2)c2ccccc2)cc1. The summed E-state index contributed by atoms with van der Waals surface area (Å²) in [6.45, 7) is 1.30. The van der Waals surface area contributed by atoms with Gasteiger partial charge in [0.05, 0.1) is 12.1 Å². The largest absolute Gasteiger partial charge is 0.456 e. The molecule has 0 saturated carbocycles. The minimum atomic E-state index is -0.365. The van der Waals surface area contributed by atoms with Crippen LogP contribution in [0.25, 0.3) is 0 Å². The summed E-state index contributed by atoms with van der Waals surface area (Å²) in [5.41, 5.74) is 14.9. The Hall–Kier alpha value is -2.90. The zero-order valence-electron chi connectivity index (χ0n) is 15.5. The second-order valence-corrected chi connectivity index (χ2v) is 7.33. The number of esters is 1. The Morgan fingerprint density at radius 3 is 2.54 bits per heavy atom. The van der Waals surface area contributed by atoms with Crippen LogP contribution in [0, 0.1) is 0 Å². The Kier molecular flexibility index (Phi) is 7.00. The molecule has 2 aromatic carbocycles. The summed E-state index contributed by atoms with van der Waals surface area (Å²) in [5.74, 6) is -0.320. The van der Waals surface area contributed by atoms with Crippen molar-refractivity contribution in [2.45, 2.75) is 18.9 Å². The third-order valence-electron chi connectivity index (χ3n) is 4.24. The van der Waals surface area contributed by atoms with Crippen molar-refractivity contribution in [1.82, 2.24) is 10.3 Å². The highest BCUT2D eigenvalue weighted by molar-refractivity contribution is 7.13.